The summed E-state index contributed by atoms with van der Waals surface area (Å²) in [6, 6.07) is 7.11. The zero-order valence-corrected chi connectivity index (χ0v) is 11.7. The van der Waals surface area contributed by atoms with Gasteiger partial charge in [-0.3, -0.25) is 0 Å². The van der Waals surface area contributed by atoms with Crippen LogP contribution in [0.15, 0.2) is 24.4 Å². The number of nitrogen functional groups attached to an aromatic ring is 1. The second-order valence-electron chi connectivity index (χ2n) is 5.47. The Kier molecular flexibility index (Phi) is 3.62. The average molecular weight is 245 g/mol. The van der Waals surface area contributed by atoms with Crippen LogP contribution in [0, 0.1) is 0 Å². The van der Waals surface area contributed by atoms with Gasteiger partial charge in [0.2, 0.25) is 0 Å². The summed E-state index contributed by atoms with van der Waals surface area (Å²) in [7, 11) is 0. The molecule has 3 nitrogen and oxygen atoms in total. The number of nitrogens with zero attached hydrogens (tertiary/aromatic N) is 1. The highest BCUT2D eigenvalue weighted by atomic mass is 15.0. The van der Waals surface area contributed by atoms with Crippen molar-refractivity contribution in [3.63, 3.8) is 0 Å². The number of nitrogens with two attached hydrogens (primary N) is 1. The maximum absolute atomic E-state index is 5.90. The van der Waals surface area contributed by atoms with Crippen LogP contribution in [0.2, 0.25) is 0 Å². The maximum Gasteiger partial charge on any atom is 0.0506 e. The number of anilines is 1. The van der Waals surface area contributed by atoms with E-state index < -0.39 is 0 Å². The first kappa shape index (κ1) is 13.0. The van der Waals surface area contributed by atoms with Crippen LogP contribution in [-0.4, -0.2) is 10.6 Å². The molecule has 2 rings (SSSR count). The van der Waals surface area contributed by atoms with Gasteiger partial charge in [-0.05, 0) is 31.5 Å². The minimum atomic E-state index is 0.446. The summed E-state index contributed by atoms with van der Waals surface area (Å²) in [5.41, 5.74) is 9.29. The fourth-order valence-electron chi connectivity index (χ4n) is 2.22. The Morgan fingerprint density at radius 2 is 1.94 bits per heavy atom. The van der Waals surface area contributed by atoms with Crippen molar-refractivity contribution in [2.75, 3.05) is 5.73 Å². The lowest BCUT2D eigenvalue weighted by Gasteiger charge is -2.09. The van der Waals surface area contributed by atoms with E-state index in [1.165, 1.54) is 16.5 Å². The Morgan fingerprint density at radius 1 is 1.22 bits per heavy atom. The second kappa shape index (κ2) is 5.02. The quantitative estimate of drug-likeness (QED) is 0.812. The fraction of sp³-hybridized carbons (Fsp3) is 0.467. The monoisotopic (exact) mass is 245 g/mol. The Labute approximate surface area is 109 Å². The molecule has 0 aliphatic carbocycles. The fourth-order valence-corrected chi connectivity index (χ4v) is 2.22. The average Bonchev–Trinajstić information content (AvgIpc) is 2.64. The van der Waals surface area contributed by atoms with Crippen LogP contribution in [0.3, 0.4) is 0 Å². The van der Waals surface area contributed by atoms with Gasteiger partial charge in [0.1, 0.15) is 0 Å². The number of nitrogens with one attached hydrogen (secondary N) is 1. The number of hydrogen-bond acceptors (Lipinski definition) is 2. The molecule has 0 saturated heterocycles. The molecule has 0 atom stereocenters. The van der Waals surface area contributed by atoms with E-state index in [9.17, 15) is 0 Å². The first-order valence-corrected chi connectivity index (χ1v) is 6.61. The summed E-state index contributed by atoms with van der Waals surface area (Å²) < 4.78 is 2.29. The van der Waals surface area contributed by atoms with E-state index in [0.717, 1.165) is 12.2 Å². The SMILES string of the molecule is CC(C)NCc1cn(C(C)C)c2cc(N)ccc12. The van der Waals surface area contributed by atoms with E-state index in [-0.39, 0.29) is 0 Å². The van der Waals surface area contributed by atoms with Crippen LogP contribution >= 0.6 is 0 Å². The number of fused-ring (bicyclic) bond motifs is 1. The zero-order chi connectivity index (χ0) is 13.3. The molecule has 3 heteroatoms. The largest absolute Gasteiger partial charge is 0.399 e. The zero-order valence-electron chi connectivity index (χ0n) is 11.7. The van der Waals surface area contributed by atoms with Gasteiger partial charge >= 0.3 is 0 Å². The Bertz CT molecular complexity index is 538. The third-order valence-electron chi connectivity index (χ3n) is 3.20. The van der Waals surface area contributed by atoms with Gasteiger partial charge in [-0.25, -0.2) is 0 Å². The van der Waals surface area contributed by atoms with Crippen LogP contribution in [0.5, 0.6) is 0 Å². The third-order valence-corrected chi connectivity index (χ3v) is 3.20. The molecule has 1 heterocycles. The van der Waals surface area contributed by atoms with E-state index in [0.29, 0.717) is 12.1 Å². The summed E-state index contributed by atoms with van der Waals surface area (Å²) in [4.78, 5) is 0. The normalized spacial score (nSPS) is 11.9. The van der Waals surface area contributed by atoms with Crippen LogP contribution in [0.4, 0.5) is 5.69 Å². The van der Waals surface area contributed by atoms with Crippen molar-refractivity contribution in [2.24, 2.45) is 0 Å². The molecule has 1 aromatic heterocycles. The highest BCUT2D eigenvalue weighted by molar-refractivity contribution is 5.86. The molecule has 0 radical (unpaired) electrons. The van der Waals surface area contributed by atoms with Crippen molar-refractivity contribution in [3.05, 3.63) is 30.0 Å². The number of rotatable bonds is 4. The molecule has 0 amide bonds. The molecule has 0 fully saturated rings. The highest BCUT2D eigenvalue weighted by Crippen LogP contribution is 2.26. The molecule has 2 aromatic rings. The van der Waals surface area contributed by atoms with Crippen molar-refractivity contribution in [1.82, 2.24) is 9.88 Å². The van der Waals surface area contributed by atoms with Crippen molar-refractivity contribution in [2.45, 2.75) is 46.3 Å². The topological polar surface area (TPSA) is 43.0 Å². The molecule has 0 bridgehead atoms. The lowest BCUT2D eigenvalue weighted by molar-refractivity contribution is 0.583. The molecular weight excluding hydrogens is 222 g/mol. The number of aromatic nitrogens is 1. The van der Waals surface area contributed by atoms with Gasteiger partial charge in [-0.2, -0.15) is 0 Å². The standard InChI is InChI=1S/C15H23N3/c1-10(2)17-8-12-9-18(11(3)4)15-7-13(16)5-6-14(12)15/h5-7,9-11,17H,8,16H2,1-4H3. The third kappa shape index (κ3) is 2.51. The van der Waals surface area contributed by atoms with Gasteiger partial charge in [-0.15, -0.1) is 0 Å². The molecule has 0 unspecified atom stereocenters. The van der Waals surface area contributed by atoms with Crippen molar-refractivity contribution >= 4 is 16.6 Å². The molecule has 0 spiro atoms. The molecular formula is C15H23N3. The number of hydrogen-bond donors (Lipinski definition) is 2. The first-order valence-electron chi connectivity index (χ1n) is 6.61. The van der Waals surface area contributed by atoms with Crippen molar-refractivity contribution in [3.8, 4) is 0 Å². The predicted octanol–water partition coefficient (Wildman–Crippen LogP) is 3.30. The van der Waals surface area contributed by atoms with Gasteiger partial charge in [0.05, 0.1) is 5.52 Å². The van der Waals surface area contributed by atoms with Gasteiger partial charge in [0.25, 0.3) is 0 Å². The van der Waals surface area contributed by atoms with E-state index >= 15 is 0 Å². The molecule has 0 aliphatic rings. The van der Waals surface area contributed by atoms with Gasteiger partial charge < -0.3 is 15.6 Å². The summed E-state index contributed by atoms with van der Waals surface area (Å²) in [6.07, 6.45) is 2.24. The van der Waals surface area contributed by atoms with E-state index in [1.807, 2.05) is 6.07 Å². The molecule has 0 saturated carbocycles. The van der Waals surface area contributed by atoms with Crippen LogP contribution in [-0.2, 0) is 6.54 Å². The summed E-state index contributed by atoms with van der Waals surface area (Å²) in [5, 5.41) is 4.77. The highest BCUT2D eigenvalue weighted by Gasteiger charge is 2.10. The Morgan fingerprint density at radius 3 is 2.56 bits per heavy atom. The summed E-state index contributed by atoms with van der Waals surface area (Å²) in [6.45, 7) is 9.63. The minimum absolute atomic E-state index is 0.446. The second-order valence-corrected chi connectivity index (χ2v) is 5.47. The van der Waals surface area contributed by atoms with E-state index in [4.69, 9.17) is 5.73 Å². The van der Waals surface area contributed by atoms with Crippen LogP contribution in [0.1, 0.15) is 39.3 Å². The minimum Gasteiger partial charge on any atom is -0.399 e. The lowest BCUT2D eigenvalue weighted by atomic mass is 10.1. The smallest absolute Gasteiger partial charge is 0.0506 e. The number of benzene rings is 1. The predicted molar refractivity (Wildman–Crippen MR) is 78.7 cm³/mol. The molecule has 18 heavy (non-hydrogen) atoms. The van der Waals surface area contributed by atoms with Gasteiger partial charge in [0, 0.05) is 35.9 Å². The van der Waals surface area contributed by atoms with Crippen LogP contribution in [0.25, 0.3) is 10.9 Å². The van der Waals surface area contributed by atoms with Crippen molar-refractivity contribution in [1.29, 1.82) is 0 Å². The molecule has 98 valence electrons. The molecule has 1 aromatic carbocycles. The maximum atomic E-state index is 5.90. The summed E-state index contributed by atoms with van der Waals surface area (Å²) in [5.74, 6) is 0. The van der Waals surface area contributed by atoms with Gasteiger partial charge in [-0.1, -0.05) is 19.9 Å². The summed E-state index contributed by atoms with van der Waals surface area (Å²) >= 11 is 0. The van der Waals surface area contributed by atoms with Gasteiger partial charge in [0.15, 0.2) is 0 Å². The molecule has 0 aliphatic heterocycles. The Balaban J connectivity index is 2.47. The first-order chi connectivity index (χ1) is 8.49. The Hall–Kier alpha value is -1.48. The van der Waals surface area contributed by atoms with Crippen LogP contribution < -0.4 is 11.1 Å². The van der Waals surface area contributed by atoms with E-state index in [1.54, 1.807) is 0 Å². The molecule has 3 N–H and O–H groups in total. The lowest BCUT2D eigenvalue weighted by Crippen LogP contribution is -2.21. The van der Waals surface area contributed by atoms with Crippen molar-refractivity contribution < 1.29 is 0 Å². The van der Waals surface area contributed by atoms with E-state index in [2.05, 4.69) is 55.9 Å².